The molecule has 0 radical (unpaired) electrons. The molecule has 8 heteroatoms. The first-order valence-electron chi connectivity index (χ1n) is 8.24. The Balaban J connectivity index is 1.84. The number of rotatable bonds is 7. The predicted octanol–water partition coefficient (Wildman–Crippen LogP) is 2.97. The van der Waals surface area contributed by atoms with Crippen LogP contribution in [0.2, 0.25) is 0 Å². The van der Waals surface area contributed by atoms with Crippen LogP contribution in [0.4, 0.5) is 0 Å². The van der Waals surface area contributed by atoms with Crippen LogP contribution in [-0.2, 0) is 23.1 Å². The van der Waals surface area contributed by atoms with Crippen LogP contribution < -0.4 is 0 Å². The fraction of sp³-hybridized carbons (Fsp3) is 0.211. The Hall–Kier alpha value is -2.84. The first kappa shape index (κ1) is 18.9. The van der Waals surface area contributed by atoms with Crippen molar-refractivity contribution >= 4 is 15.9 Å². The van der Waals surface area contributed by atoms with E-state index < -0.39 is 10.0 Å². The van der Waals surface area contributed by atoms with Crippen LogP contribution in [0, 0.1) is 0 Å². The fourth-order valence-electron chi connectivity index (χ4n) is 2.54. The average Bonchev–Trinajstić information content (AvgIpc) is 3.34. The number of hydrogen-bond donors (Lipinski definition) is 0. The van der Waals surface area contributed by atoms with Gasteiger partial charge in [0, 0.05) is 19.7 Å². The molecular weight excluding hydrogens is 368 g/mol. The van der Waals surface area contributed by atoms with Gasteiger partial charge in [-0.1, -0.05) is 0 Å². The number of furan rings is 2. The molecule has 27 heavy (non-hydrogen) atoms. The lowest BCUT2D eigenvalue weighted by Gasteiger charge is -2.21. The molecule has 0 fully saturated rings. The summed E-state index contributed by atoms with van der Waals surface area (Å²) < 4.78 is 36.2. The molecule has 1 aromatic carbocycles. The summed E-state index contributed by atoms with van der Waals surface area (Å²) in [4.78, 5) is 14.7. The third-order valence-electron chi connectivity index (χ3n) is 4.02. The summed E-state index contributed by atoms with van der Waals surface area (Å²) >= 11 is 0. The molecule has 142 valence electrons. The quantitative estimate of drug-likeness (QED) is 0.621. The molecule has 0 N–H and O–H groups in total. The Morgan fingerprint density at radius 3 is 1.81 bits per heavy atom. The van der Waals surface area contributed by atoms with Crippen molar-refractivity contribution in [2.75, 3.05) is 14.1 Å². The highest BCUT2D eigenvalue weighted by Gasteiger charge is 2.21. The zero-order chi connectivity index (χ0) is 19.4. The molecule has 0 spiro atoms. The molecule has 0 bridgehead atoms. The zero-order valence-corrected chi connectivity index (χ0v) is 15.8. The Kier molecular flexibility index (Phi) is 5.48. The van der Waals surface area contributed by atoms with E-state index in [4.69, 9.17) is 8.83 Å². The van der Waals surface area contributed by atoms with Crippen LogP contribution in [0.1, 0.15) is 21.9 Å². The minimum atomic E-state index is -3.54. The molecule has 2 aromatic heterocycles. The molecule has 0 saturated heterocycles. The Labute approximate surface area is 157 Å². The Bertz CT molecular complexity index is 939. The van der Waals surface area contributed by atoms with Gasteiger partial charge in [-0.05, 0) is 48.5 Å². The minimum absolute atomic E-state index is 0.132. The summed E-state index contributed by atoms with van der Waals surface area (Å²) in [6, 6.07) is 13.0. The van der Waals surface area contributed by atoms with Gasteiger partial charge in [0.1, 0.15) is 11.5 Å². The lowest BCUT2D eigenvalue weighted by molar-refractivity contribution is 0.0704. The minimum Gasteiger partial charge on any atom is -0.467 e. The van der Waals surface area contributed by atoms with Gasteiger partial charge in [0.05, 0.1) is 30.5 Å². The molecule has 0 atom stereocenters. The number of amides is 1. The maximum atomic E-state index is 13.0. The van der Waals surface area contributed by atoms with E-state index in [1.165, 1.54) is 38.4 Å². The van der Waals surface area contributed by atoms with Gasteiger partial charge in [0.2, 0.25) is 10.0 Å². The highest BCUT2D eigenvalue weighted by molar-refractivity contribution is 7.89. The summed E-state index contributed by atoms with van der Waals surface area (Å²) in [5.41, 5.74) is 0.380. The monoisotopic (exact) mass is 388 g/mol. The fourth-order valence-corrected chi connectivity index (χ4v) is 3.45. The summed E-state index contributed by atoms with van der Waals surface area (Å²) in [6.07, 6.45) is 3.09. The molecule has 2 heterocycles. The Morgan fingerprint density at radius 1 is 0.889 bits per heavy atom. The van der Waals surface area contributed by atoms with E-state index in [9.17, 15) is 13.2 Å². The number of sulfonamides is 1. The number of nitrogens with zero attached hydrogens (tertiary/aromatic N) is 2. The van der Waals surface area contributed by atoms with Gasteiger partial charge in [-0.25, -0.2) is 12.7 Å². The summed E-state index contributed by atoms with van der Waals surface area (Å²) in [5.74, 6) is 1.03. The van der Waals surface area contributed by atoms with Crippen LogP contribution in [0.25, 0.3) is 0 Å². The molecule has 0 aliphatic carbocycles. The zero-order valence-electron chi connectivity index (χ0n) is 15.0. The van der Waals surface area contributed by atoms with Crippen LogP contribution in [0.3, 0.4) is 0 Å². The van der Waals surface area contributed by atoms with Gasteiger partial charge >= 0.3 is 0 Å². The van der Waals surface area contributed by atoms with Crippen molar-refractivity contribution in [2.45, 2.75) is 18.0 Å². The number of hydrogen-bond acceptors (Lipinski definition) is 5. The van der Waals surface area contributed by atoms with Crippen molar-refractivity contribution < 1.29 is 22.0 Å². The standard InChI is InChI=1S/C19H20N2O5S/c1-20(2)27(23,24)18-9-7-15(8-10-18)19(22)21(13-16-5-3-11-25-16)14-17-6-4-12-26-17/h3-12H,13-14H2,1-2H3. The normalized spacial score (nSPS) is 11.7. The van der Waals surface area contributed by atoms with Crippen molar-refractivity contribution in [3.8, 4) is 0 Å². The lowest BCUT2D eigenvalue weighted by Crippen LogP contribution is -2.30. The van der Waals surface area contributed by atoms with Crippen molar-refractivity contribution in [1.29, 1.82) is 0 Å². The molecular formula is C19H20N2O5S. The third kappa shape index (κ3) is 4.29. The van der Waals surface area contributed by atoms with E-state index in [1.807, 2.05) is 0 Å². The molecule has 3 rings (SSSR count). The van der Waals surface area contributed by atoms with Crippen LogP contribution in [-0.4, -0.2) is 37.6 Å². The molecule has 7 nitrogen and oxygen atoms in total. The van der Waals surface area contributed by atoms with Crippen LogP contribution in [0.15, 0.2) is 74.8 Å². The summed E-state index contributed by atoms with van der Waals surface area (Å²) in [5, 5.41) is 0. The highest BCUT2D eigenvalue weighted by atomic mass is 32.2. The number of carbonyl (C=O) groups is 1. The van der Waals surface area contributed by atoms with Crippen LogP contribution in [0.5, 0.6) is 0 Å². The van der Waals surface area contributed by atoms with Gasteiger partial charge in [0.25, 0.3) is 5.91 Å². The summed E-state index contributed by atoms with van der Waals surface area (Å²) in [7, 11) is -0.621. The van der Waals surface area contributed by atoms with E-state index in [-0.39, 0.29) is 23.9 Å². The SMILES string of the molecule is CN(C)S(=O)(=O)c1ccc(C(=O)N(Cc2ccco2)Cc2ccco2)cc1. The van der Waals surface area contributed by atoms with Gasteiger partial charge in [-0.3, -0.25) is 4.79 Å². The molecule has 3 aromatic rings. The topological polar surface area (TPSA) is 84.0 Å². The van der Waals surface area contributed by atoms with E-state index in [0.29, 0.717) is 17.1 Å². The van der Waals surface area contributed by atoms with Crippen molar-refractivity contribution in [3.05, 3.63) is 78.1 Å². The van der Waals surface area contributed by atoms with Crippen LogP contribution >= 0.6 is 0 Å². The summed E-state index contributed by atoms with van der Waals surface area (Å²) in [6.45, 7) is 0.536. The largest absolute Gasteiger partial charge is 0.467 e. The highest BCUT2D eigenvalue weighted by Crippen LogP contribution is 2.18. The molecule has 0 aliphatic heterocycles. The van der Waals surface area contributed by atoms with E-state index in [0.717, 1.165) is 4.31 Å². The molecule has 0 saturated carbocycles. The maximum absolute atomic E-state index is 13.0. The smallest absolute Gasteiger partial charge is 0.254 e. The van der Waals surface area contributed by atoms with Crippen molar-refractivity contribution in [2.24, 2.45) is 0 Å². The maximum Gasteiger partial charge on any atom is 0.254 e. The van der Waals surface area contributed by atoms with Gasteiger partial charge in [0.15, 0.2) is 0 Å². The van der Waals surface area contributed by atoms with E-state index >= 15 is 0 Å². The van der Waals surface area contributed by atoms with Gasteiger partial charge < -0.3 is 13.7 Å². The van der Waals surface area contributed by atoms with Crippen molar-refractivity contribution in [3.63, 3.8) is 0 Å². The lowest BCUT2D eigenvalue weighted by atomic mass is 10.2. The molecule has 0 unspecified atom stereocenters. The third-order valence-corrected chi connectivity index (χ3v) is 5.85. The van der Waals surface area contributed by atoms with Crippen molar-refractivity contribution in [1.82, 2.24) is 9.21 Å². The first-order valence-corrected chi connectivity index (χ1v) is 9.68. The van der Waals surface area contributed by atoms with Gasteiger partial charge in [-0.2, -0.15) is 0 Å². The number of carbonyl (C=O) groups excluding carboxylic acids is 1. The first-order chi connectivity index (χ1) is 12.9. The predicted molar refractivity (Wildman–Crippen MR) is 98.3 cm³/mol. The van der Waals surface area contributed by atoms with E-state index in [2.05, 4.69) is 0 Å². The number of benzene rings is 1. The second kappa shape index (κ2) is 7.81. The molecule has 1 amide bonds. The molecule has 0 aliphatic rings. The van der Waals surface area contributed by atoms with Gasteiger partial charge in [-0.15, -0.1) is 0 Å². The average molecular weight is 388 g/mol. The second-order valence-electron chi connectivity index (χ2n) is 6.13. The van der Waals surface area contributed by atoms with E-state index in [1.54, 1.807) is 41.7 Å². The second-order valence-corrected chi connectivity index (χ2v) is 8.28. The Morgan fingerprint density at radius 2 is 1.41 bits per heavy atom.